The summed E-state index contributed by atoms with van der Waals surface area (Å²) in [5.74, 6) is -9.66. The van der Waals surface area contributed by atoms with E-state index in [4.69, 9.17) is 9.47 Å². The minimum Gasteiger partial charge on any atom is -0.466 e. The zero-order chi connectivity index (χ0) is 57.1. The van der Waals surface area contributed by atoms with Gasteiger partial charge in [0.2, 0.25) is 46.5 Å². The van der Waals surface area contributed by atoms with E-state index in [0.717, 1.165) is 41.1 Å². The molecular weight excluding hydrogens is 1010 g/mol. The summed E-state index contributed by atoms with van der Waals surface area (Å²) in [4.78, 5) is 145. The van der Waals surface area contributed by atoms with Gasteiger partial charge in [-0.3, -0.25) is 47.9 Å². The van der Waals surface area contributed by atoms with Crippen LogP contribution in [0.2, 0.25) is 0 Å². The lowest BCUT2D eigenvalue weighted by molar-refractivity contribution is -0.143. The summed E-state index contributed by atoms with van der Waals surface area (Å²) in [6.45, 7) is 10.7. The number of aliphatic hydroxyl groups is 2. The molecule has 3 rings (SSSR count). The van der Waals surface area contributed by atoms with E-state index in [0.29, 0.717) is 0 Å². The van der Waals surface area contributed by atoms with Crippen molar-refractivity contribution in [2.75, 3.05) is 46.2 Å². The van der Waals surface area contributed by atoms with Crippen molar-refractivity contribution in [3.63, 3.8) is 0 Å². The predicted octanol–water partition coefficient (Wildman–Crippen LogP) is -0.616. The number of ether oxygens (including phenoxy) is 2. The van der Waals surface area contributed by atoms with Gasteiger partial charge in [0.25, 0.3) is 5.91 Å². The molecule has 0 spiro atoms. The first-order valence-corrected chi connectivity index (χ1v) is 25.7. The second kappa shape index (κ2) is 29.3. The molecule has 0 unspecified atom stereocenters. The number of hydrogen-bond donors (Lipinski definition) is 11. The lowest BCUT2D eigenvalue weighted by atomic mass is 9.85. The van der Waals surface area contributed by atoms with Gasteiger partial charge in [0.05, 0.1) is 31.6 Å². The molecule has 0 fully saturated rings. The molecule has 25 heteroatoms. The molecule has 11 N–H and O–H groups in total. The molecule has 0 heterocycles. The highest BCUT2D eigenvalue weighted by Crippen LogP contribution is 2.44. The Kier molecular flexibility index (Phi) is 24.3. The molecule has 0 radical (unpaired) electrons. The van der Waals surface area contributed by atoms with Crippen LogP contribution in [0.25, 0.3) is 11.1 Å². The highest BCUT2D eigenvalue weighted by atomic mass is 32.2. The average Bonchev–Trinajstić information content (AvgIpc) is 3.69. The van der Waals surface area contributed by atoms with Crippen LogP contribution >= 0.6 is 11.8 Å². The van der Waals surface area contributed by atoms with Crippen LogP contribution < -0.4 is 47.9 Å². The van der Waals surface area contributed by atoms with Crippen LogP contribution in [0.1, 0.15) is 91.7 Å². The van der Waals surface area contributed by atoms with Gasteiger partial charge in [-0.05, 0) is 54.4 Å². The third-order valence-electron chi connectivity index (χ3n) is 12.2. The van der Waals surface area contributed by atoms with Gasteiger partial charge >= 0.3 is 12.1 Å². The van der Waals surface area contributed by atoms with E-state index in [9.17, 15) is 63.0 Å². The van der Waals surface area contributed by atoms with Crippen molar-refractivity contribution in [3.05, 3.63) is 59.7 Å². The maximum Gasteiger partial charge on any atom is 0.407 e. The molecule has 2 aromatic rings. The van der Waals surface area contributed by atoms with Crippen molar-refractivity contribution in [2.24, 2.45) is 11.3 Å². The van der Waals surface area contributed by atoms with Crippen molar-refractivity contribution in [1.82, 2.24) is 47.9 Å². The van der Waals surface area contributed by atoms with Crippen molar-refractivity contribution in [3.8, 4) is 11.1 Å². The summed E-state index contributed by atoms with van der Waals surface area (Å²) < 4.78 is 10.3. The lowest BCUT2D eigenvalue weighted by Gasteiger charge is -2.36. The third kappa shape index (κ3) is 18.6. The number of hydrogen-bond acceptors (Lipinski definition) is 16. The molecule has 0 bridgehead atoms. The fourth-order valence-electron chi connectivity index (χ4n) is 7.82. The van der Waals surface area contributed by atoms with Crippen molar-refractivity contribution < 1.29 is 72.4 Å². The van der Waals surface area contributed by atoms with Crippen LogP contribution in [0.4, 0.5) is 4.79 Å². The molecule has 0 saturated carbocycles. The van der Waals surface area contributed by atoms with Gasteiger partial charge < -0.3 is 67.5 Å². The molecule has 0 saturated heterocycles. The largest absolute Gasteiger partial charge is 0.466 e. The van der Waals surface area contributed by atoms with Gasteiger partial charge in [-0.1, -0.05) is 101 Å². The summed E-state index contributed by atoms with van der Waals surface area (Å²) in [6, 6.07) is 6.75. The molecule has 1 aliphatic carbocycles. The lowest BCUT2D eigenvalue weighted by Crippen LogP contribution is -2.66. The Morgan fingerprint density at radius 3 is 1.75 bits per heavy atom. The number of thioether (sulfide) groups is 1. The summed E-state index contributed by atoms with van der Waals surface area (Å²) in [6.07, 6.45) is -3.71. The van der Waals surface area contributed by atoms with E-state index in [2.05, 4.69) is 47.9 Å². The number of aliphatic hydroxyl groups excluding tert-OH is 1. The predicted molar refractivity (Wildman–Crippen MR) is 278 cm³/mol. The molecule has 0 aliphatic heterocycles. The van der Waals surface area contributed by atoms with E-state index in [1.807, 2.05) is 48.5 Å². The van der Waals surface area contributed by atoms with E-state index < -0.39 is 137 Å². The van der Waals surface area contributed by atoms with Crippen LogP contribution in [0.5, 0.6) is 0 Å². The maximum atomic E-state index is 14.2. The number of alkyl carbamates (subject to hydrolysis) is 1. The Morgan fingerprint density at radius 2 is 1.21 bits per heavy atom. The topological polar surface area (TPSA) is 355 Å². The second-order valence-corrected chi connectivity index (χ2v) is 20.6. The maximum absolute atomic E-state index is 14.2. The number of esters is 1. The summed E-state index contributed by atoms with van der Waals surface area (Å²) in [7, 11) is 2.43. The van der Waals surface area contributed by atoms with Crippen LogP contribution in [0.15, 0.2) is 48.5 Å². The third-order valence-corrected chi connectivity index (χ3v) is 13.1. The van der Waals surface area contributed by atoms with E-state index >= 15 is 0 Å². The first kappa shape index (κ1) is 63.2. The zero-order valence-corrected chi connectivity index (χ0v) is 45.3. The van der Waals surface area contributed by atoms with Crippen molar-refractivity contribution >= 4 is 76.2 Å². The zero-order valence-electron chi connectivity index (χ0n) is 44.5. The van der Waals surface area contributed by atoms with E-state index in [1.54, 1.807) is 20.8 Å². The molecule has 76 heavy (non-hydrogen) atoms. The molecular formula is C51H73N9O15S. The van der Waals surface area contributed by atoms with Gasteiger partial charge in [-0.2, -0.15) is 0 Å². The monoisotopic (exact) mass is 1080 g/mol. The van der Waals surface area contributed by atoms with Crippen molar-refractivity contribution in [2.45, 2.75) is 122 Å². The average molecular weight is 1080 g/mol. The number of carbonyl (C=O) groups is 11. The summed E-state index contributed by atoms with van der Waals surface area (Å²) in [5.41, 5.74) is 0.788. The SMILES string of the molecule is CCOC(=O)CCSC(=O)CNC(=O)[C@H](NC(=O)[C@@H](NC(=O)[C@H](NC(=O)[C@@H](NC(=O)[C@@H](CC(=O)NC)NC(=O)CNC(=O)OCC1c2ccccc2-c2ccccc21)[C@@H](C)CC)[C@@H](O)C(=O)NC)C(C)(C)C)C(C)(C)O. The smallest absolute Gasteiger partial charge is 0.407 e. The van der Waals surface area contributed by atoms with Gasteiger partial charge in [0.15, 0.2) is 6.10 Å². The number of rotatable bonds is 27. The minimum absolute atomic E-state index is 0.0460. The molecule has 418 valence electrons. The number of likely N-dealkylation sites (N-methyl/N-ethyl adjacent to an activating group) is 1. The molecule has 2 aromatic carbocycles. The highest BCUT2D eigenvalue weighted by molar-refractivity contribution is 8.13. The normalized spacial score (nSPS) is 14.7. The van der Waals surface area contributed by atoms with Crippen molar-refractivity contribution in [1.29, 1.82) is 0 Å². The number of amides is 9. The first-order chi connectivity index (χ1) is 35.7. The Bertz CT molecular complexity index is 2400. The molecule has 1 aliphatic rings. The first-order valence-electron chi connectivity index (χ1n) is 24.7. The number of benzene rings is 2. The van der Waals surface area contributed by atoms with Crippen LogP contribution in [-0.2, 0) is 57.4 Å². The van der Waals surface area contributed by atoms with Gasteiger partial charge in [0, 0.05) is 25.8 Å². The van der Waals surface area contributed by atoms with Crippen LogP contribution in [0.3, 0.4) is 0 Å². The standard InChI is InChI=1S/C51H73N9O15S/c1-11-27(3)38(57-43(66)33(23-34(61)52-9)56-35(62)24-55-49(72)75-26-32-30-19-15-13-17-28(30)29-18-14-16-20-31(29)32)44(67)58-39(40(65)46(69)53-10)45(68)59-41(50(4,5)6)48(71)60-42(51(7,8)73)47(70)54-25-37(64)76-22-21-36(63)74-12-2/h13-20,27,32-33,38-42,65,73H,11-12,21-26H2,1-10H3,(H,52,61)(H,53,69)(H,54,70)(H,55,72)(H,56,62)(H,57,66)(H,58,67)(H,59,68)(H,60,71)/t27-,33+,38-,39+,40+,41+,42-/m0/s1. The Hall–Kier alpha value is -7.12. The fourth-order valence-corrected chi connectivity index (χ4v) is 8.49. The molecule has 9 amide bonds. The Morgan fingerprint density at radius 1 is 0.645 bits per heavy atom. The second-order valence-electron chi connectivity index (χ2n) is 19.5. The van der Waals surface area contributed by atoms with Gasteiger partial charge in [-0.25, -0.2) is 4.79 Å². The van der Waals surface area contributed by atoms with Crippen LogP contribution in [0, 0.1) is 11.3 Å². The number of nitrogens with one attached hydrogen (secondary N) is 9. The van der Waals surface area contributed by atoms with E-state index in [-0.39, 0.29) is 37.7 Å². The van der Waals surface area contributed by atoms with Gasteiger partial charge in [-0.15, -0.1) is 0 Å². The number of carbonyl (C=O) groups excluding carboxylic acids is 11. The fraction of sp³-hybridized carbons (Fsp3) is 0.549. The van der Waals surface area contributed by atoms with Crippen LogP contribution in [-0.4, -0.2) is 163 Å². The molecule has 0 aromatic heterocycles. The summed E-state index contributed by atoms with van der Waals surface area (Å²) in [5, 5.41) is 42.8. The highest BCUT2D eigenvalue weighted by Gasteiger charge is 2.43. The number of fused-ring (bicyclic) bond motifs is 3. The molecule has 7 atom stereocenters. The minimum atomic E-state index is -2.31. The summed E-state index contributed by atoms with van der Waals surface area (Å²) >= 11 is 0.754. The van der Waals surface area contributed by atoms with Gasteiger partial charge in [0.1, 0.15) is 43.4 Å². The Labute approximate surface area is 445 Å². The van der Waals surface area contributed by atoms with E-state index in [1.165, 1.54) is 41.7 Å². The molecule has 24 nitrogen and oxygen atoms in total. The quantitative estimate of drug-likeness (QED) is 0.0497. The Balaban J connectivity index is 1.76.